The zero-order valence-corrected chi connectivity index (χ0v) is 13.1. The molecule has 0 amide bonds. The summed E-state index contributed by atoms with van der Waals surface area (Å²) < 4.78 is 16.0. The first-order chi connectivity index (χ1) is 10.1. The smallest absolute Gasteiger partial charge is 0.234 e. The van der Waals surface area contributed by atoms with Gasteiger partial charge in [-0.2, -0.15) is 4.98 Å². The van der Waals surface area contributed by atoms with E-state index in [4.69, 9.17) is 14.0 Å². The second-order valence-electron chi connectivity index (χ2n) is 5.77. The van der Waals surface area contributed by atoms with Gasteiger partial charge in [0.05, 0.1) is 6.42 Å². The number of hydrogen-bond acceptors (Lipinski definition) is 6. The molecule has 0 bridgehead atoms. The van der Waals surface area contributed by atoms with Gasteiger partial charge in [0.2, 0.25) is 11.7 Å². The number of carbonyl (C=O) groups excluding carboxylic acids is 1. The zero-order valence-electron chi connectivity index (χ0n) is 13.1. The number of nitrogens with zero attached hydrogens (tertiary/aromatic N) is 2. The fraction of sp³-hybridized carbons (Fsp3) is 0.800. The van der Waals surface area contributed by atoms with Gasteiger partial charge < -0.3 is 14.0 Å². The molecule has 1 aliphatic rings. The highest BCUT2D eigenvalue weighted by Gasteiger charge is 2.40. The number of ether oxygens (including phenoxy) is 2. The van der Waals surface area contributed by atoms with Gasteiger partial charge in [-0.05, 0) is 38.5 Å². The maximum Gasteiger partial charge on any atom is 0.234 e. The Balaban J connectivity index is 2.11. The standard InChI is InChI=1S/C15H24N2O4/c1-4-20-15(7-5-11(2)6-8-15)14-16-13(21-17-14)9-12(18)10-19-3/h11H,4-10H2,1-3H3. The normalized spacial score (nSPS) is 26.0. The molecule has 0 unspecified atom stereocenters. The number of methoxy groups -OCH3 is 1. The Bertz CT molecular complexity index is 464. The van der Waals surface area contributed by atoms with Crippen molar-refractivity contribution in [3.63, 3.8) is 0 Å². The van der Waals surface area contributed by atoms with Crippen molar-refractivity contribution in [2.45, 2.75) is 51.6 Å². The minimum absolute atomic E-state index is 0.0613. The van der Waals surface area contributed by atoms with Gasteiger partial charge >= 0.3 is 0 Å². The van der Waals surface area contributed by atoms with Crippen LogP contribution in [0, 0.1) is 5.92 Å². The lowest BCUT2D eigenvalue weighted by Gasteiger charge is -2.36. The molecule has 1 saturated carbocycles. The predicted molar refractivity (Wildman–Crippen MR) is 75.8 cm³/mol. The van der Waals surface area contributed by atoms with E-state index in [0.29, 0.717) is 24.2 Å². The molecule has 1 aromatic rings. The molecular weight excluding hydrogens is 272 g/mol. The lowest BCUT2D eigenvalue weighted by Crippen LogP contribution is -2.35. The fourth-order valence-electron chi connectivity index (χ4n) is 2.83. The van der Waals surface area contributed by atoms with E-state index in [0.717, 1.165) is 25.7 Å². The van der Waals surface area contributed by atoms with E-state index in [1.165, 1.54) is 7.11 Å². The molecule has 21 heavy (non-hydrogen) atoms. The van der Waals surface area contributed by atoms with Crippen LogP contribution in [0.5, 0.6) is 0 Å². The Morgan fingerprint density at radius 2 is 2.14 bits per heavy atom. The van der Waals surface area contributed by atoms with Crippen LogP contribution in [0.2, 0.25) is 0 Å². The molecule has 0 aromatic carbocycles. The molecule has 118 valence electrons. The van der Waals surface area contributed by atoms with Gasteiger partial charge in [-0.3, -0.25) is 4.79 Å². The maximum absolute atomic E-state index is 11.6. The largest absolute Gasteiger partial charge is 0.377 e. The van der Waals surface area contributed by atoms with Crippen LogP contribution in [0.15, 0.2) is 4.52 Å². The van der Waals surface area contributed by atoms with Crippen LogP contribution in [0.4, 0.5) is 0 Å². The summed E-state index contributed by atoms with van der Waals surface area (Å²) in [6, 6.07) is 0. The predicted octanol–water partition coefficient (Wildman–Crippen LogP) is 2.27. The number of carbonyl (C=O) groups is 1. The Labute approximate surface area is 125 Å². The van der Waals surface area contributed by atoms with Crippen LogP contribution < -0.4 is 0 Å². The van der Waals surface area contributed by atoms with Crippen molar-refractivity contribution in [1.29, 1.82) is 0 Å². The minimum atomic E-state index is -0.451. The highest BCUT2D eigenvalue weighted by molar-refractivity contribution is 5.81. The van der Waals surface area contributed by atoms with Crippen molar-refractivity contribution in [3.05, 3.63) is 11.7 Å². The van der Waals surface area contributed by atoms with E-state index in [-0.39, 0.29) is 18.8 Å². The molecule has 6 nitrogen and oxygen atoms in total. The molecular formula is C15H24N2O4. The molecule has 1 fully saturated rings. The average molecular weight is 296 g/mol. The molecule has 1 aliphatic carbocycles. The Kier molecular flexibility index (Phi) is 5.47. The van der Waals surface area contributed by atoms with E-state index in [9.17, 15) is 4.79 Å². The first-order valence-corrected chi connectivity index (χ1v) is 7.57. The molecule has 1 heterocycles. The van der Waals surface area contributed by atoms with Gasteiger partial charge in [-0.25, -0.2) is 0 Å². The van der Waals surface area contributed by atoms with Crippen molar-refractivity contribution in [2.75, 3.05) is 20.3 Å². The quantitative estimate of drug-likeness (QED) is 0.768. The summed E-state index contributed by atoms with van der Waals surface area (Å²) in [6.07, 6.45) is 4.08. The SMILES string of the molecule is CCOC1(c2noc(CC(=O)COC)n2)CCC(C)CC1. The van der Waals surface area contributed by atoms with Gasteiger partial charge in [-0.1, -0.05) is 12.1 Å². The number of hydrogen-bond donors (Lipinski definition) is 0. The molecule has 0 atom stereocenters. The van der Waals surface area contributed by atoms with Gasteiger partial charge in [-0.15, -0.1) is 0 Å². The molecule has 0 radical (unpaired) electrons. The average Bonchev–Trinajstić information content (AvgIpc) is 2.91. The van der Waals surface area contributed by atoms with E-state index < -0.39 is 5.60 Å². The molecule has 1 aromatic heterocycles. The van der Waals surface area contributed by atoms with Crippen LogP contribution in [-0.2, 0) is 26.3 Å². The summed E-state index contributed by atoms with van der Waals surface area (Å²) in [5, 5.41) is 4.06. The van der Waals surface area contributed by atoms with Gasteiger partial charge in [0, 0.05) is 13.7 Å². The second kappa shape index (κ2) is 7.13. The van der Waals surface area contributed by atoms with E-state index in [2.05, 4.69) is 17.1 Å². The summed E-state index contributed by atoms with van der Waals surface area (Å²) in [7, 11) is 1.49. The molecule has 0 N–H and O–H groups in total. The third-order valence-corrected chi connectivity index (χ3v) is 4.03. The highest BCUT2D eigenvalue weighted by atomic mass is 16.5. The molecule has 0 spiro atoms. The Morgan fingerprint density at radius 3 is 2.76 bits per heavy atom. The molecule has 0 aliphatic heterocycles. The number of ketones is 1. The van der Waals surface area contributed by atoms with Crippen molar-refractivity contribution in [2.24, 2.45) is 5.92 Å². The van der Waals surface area contributed by atoms with Crippen LogP contribution in [-0.4, -0.2) is 36.2 Å². The van der Waals surface area contributed by atoms with Crippen LogP contribution in [0.25, 0.3) is 0 Å². The van der Waals surface area contributed by atoms with Crippen LogP contribution in [0.3, 0.4) is 0 Å². The lowest BCUT2D eigenvalue weighted by atomic mass is 9.79. The summed E-state index contributed by atoms with van der Waals surface area (Å²) >= 11 is 0. The van der Waals surface area contributed by atoms with Gasteiger partial charge in [0.1, 0.15) is 12.2 Å². The van der Waals surface area contributed by atoms with Crippen LogP contribution >= 0.6 is 0 Å². The summed E-state index contributed by atoms with van der Waals surface area (Å²) in [5.74, 6) is 1.55. The zero-order chi connectivity index (χ0) is 15.3. The highest BCUT2D eigenvalue weighted by Crippen LogP contribution is 2.41. The molecule has 2 rings (SSSR count). The summed E-state index contributed by atoms with van der Waals surface area (Å²) in [6.45, 7) is 4.90. The van der Waals surface area contributed by atoms with Crippen LogP contribution in [0.1, 0.15) is 51.2 Å². The third kappa shape index (κ3) is 3.89. The van der Waals surface area contributed by atoms with Gasteiger partial charge in [0.25, 0.3) is 0 Å². The van der Waals surface area contributed by atoms with E-state index >= 15 is 0 Å². The Hall–Kier alpha value is -1.27. The number of aromatic nitrogens is 2. The number of Topliss-reactive ketones (excluding diaryl/α,β-unsaturated/α-hetero) is 1. The molecule has 6 heteroatoms. The topological polar surface area (TPSA) is 74.5 Å². The monoisotopic (exact) mass is 296 g/mol. The van der Waals surface area contributed by atoms with E-state index in [1.807, 2.05) is 6.92 Å². The van der Waals surface area contributed by atoms with E-state index in [1.54, 1.807) is 0 Å². The Morgan fingerprint density at radius 1 is 1.43 bits per heavy atom. The van der Waals surface area contributed by atoms with Crippen molar-refractivity contribution >= 4 is 5.78 Å². The van der Waals surface area contributed by atoms with Crippen molar-refractivity contribution < 1.29 is 18.8 Å². The van der Waals surface area contributed by atoms with Crippen molar-refractivity contribution in [1.82, 2.24) is 10.1 Å². The maximum atomic E-state index is 11.6. The lowest BCUT2D eigenvalue weighted by molar-refractivity contribution is -0.122. The van der Waals surface area contributed by atoms with Crippen molar-refractivity contribution in [3.8, 4) is 0 Å². The fourth-order valence-corrected chi connectivity index (χ4v) is 2.83. The van der Waals surface area contributed by atoms with Gasteiger partial charge in [0.15, 0.2) is 5.78 Å². The first-order valence-electron chi connectivity index (χ1n) is 7.57. The second-order valence-corrected chi connectivity index (χ2v) is 5.77. The summed E-state index contributed by atoms with van der Waals surface area (Å²) in [5.41, 5.74) is -0.451. The minimum Gasteiger partial charge on any atom is -0.377 e. The number of rotatable bonds is 7. The molecule has 0 saturated heterocycles. The summed E-state index contributed by atoms with van der Waals surface area (Å²) in [4.78, 5) is 16.0. The first kappa shape index (κ1) is 16.1. The third-order valence-electron chi connectivity index (χ3n) is 4.03.